The average Bonchev–Trinajstić information content (AvgIpc) is 2.80. The molecule has 31 heavy (non-hydrogen) atoms. The van der Waals surface area contributed by atoms with Gasteiger partial charge in [0.2, 0.25) is 11.9 Å². The summed E-state index contributed by atoms with van der Waals surface area (Å²) in [5.74, 6) is 1.95. The lowest BCUT2D eigenvalue weighted by Crippen LogP contribution is -2.44. The maximum atomic E-state index is 12.0. The lowest BCUT2D eigenvalue weighted by atomic mass is 10.1. The van der Waals surface area contributed by atoms with Crippen LogP contribution in [0.5, 0.6) is 0 Å². The number of piperidine rings is 1. The minimum atomic E-state index is -0.0240. The summed E-state index contributed by atoms with van der Waals surface area (Å²) in [6.45, 7) is 9.18. The molecule has 2 aromatic heterocycles. The molecular weight excluding hydrogens is 394 g/mol. The number of nitrogens with one attached hydrogen (secondary N) is 2. The Morgan fingerprint density at radius 2 is 1.97 bits per heavy atom. The Kier molecular flexibility index (Phi) is 7.06. The van der Waals surface area contributed by atoms with Crippen LogP contribution in [-0.2, 0) is 16.1 Å². The van der Waals surface area contributed by atoms with E-state index in [1.165, 1.54) is 6.08 Å². The van der Waals surface area contributed by atoms with Crippen LogP contribution in [0.1, 0.15) is 18.4 Å². The minimum Gasteiger partial charge on any atom is -0.379 e. The van der Waals surface area contributed by atoms with Crippen LogP contribution in [0.15, 0.2) is 43.2 Å². The highest BCUT2D eigenvalue weighted by Gasteiger charge is 2.23. The molecule has 0 unspecified atom stereocenters. The third-order valence-electron chi connectivity index (χ3n) is 5.46. The van der Waals surface area contributed by atoms with E-state index in [0.29, 0.717) is 18.3 Å². The fourth-order valence-corrected chi connectivity index (χ4v) is 3.95. The molecule has 2 N–H and O–H groups in total. The molecule has 4 rings (SSSR count). The zero-order chi connectivity index (χ0) is 21.5. The van der Waals surface area contributed by atoms with Gasteiger partial charge in [0.05, 0.1) is 13.2 Å². The van der Waals surface area contributed by atoms with E-state index in [1.807, 2.05) is 11.0 Å². The first-order chi connectivity index (χ1) is 15.2. The Morgan fingerprint density at radius 3 is 2.74 bits per heavy atom. The summed E-state index contributed by atoms with van der Waals surface area (Å²) < 4.78 is 5.47. The van der Waals surface area contributed by atoms with E-state index in [9.17, 15) is 4.79 Å². The van der Waals surface area contributed by atoms with Crippen LogP contribution < -0.4 is 10.6 Å². The van der Waals surface area contributed by atoms with Gasteiger partial charge in [0, 0.05) is 51.2 Å². The Labute approximate surface area is 182 Å². The summed E-state index contributed by atoms with van der Waals surface area (Å²) in [4.78, 5) is 29.4. The number of hydrogen-bond donors (Lipinski definition) is 2. The third kappa shape index (κ3) is 5.99. The van der Waals surface area contributed by atoms with E-state index < -0.39 is 0 Å². The van der Waals surface area contributed by atoms with Crippen molar-refractivity contribution in [2.24, 2.45) is 0 Å². The van der Waals surface area contributed by atoms with Gasteiger partial charge in [0.15, 0.2) is 0 Å². The van der Waals surface area contributed by atoms with Crippen molar-refractivity contribution in [1.29, 1.82) is 0 Å². The number of nitrogens with zero attached hydrogens (tertiary/aromatic N) is 5. The van der Waals surface area contributed by atoms with E-state index in [1.54, 1.807) is 18.5 Å². The fourth-order valence-electron chi connectivity index (χ4n) is 3.95. The Morgan fingerprint density at radius 1 is 1.19 bits per heavy atom. The van der Waals surface area contributed by atoms with Crippen LogP contribution >= 0.6 is 0 Å². The van der Waals surface area contributed by atoms with Gasteiger partial charge in [-0.15, -0.1) is 0 Å². The fraction of sp³-hybridized carbons (Fsp3) is 0.455. The van der Waals surface area contributed by atoms with Crippen LogP contribution in [0, 0.1) is 0 Å². The predicted molar refractivity (Wildman–Crippen MR) is 119 cm³/mol. The molecule has 0 bridgehead atoms. The third-order valence-corrected chi connectivity index (χ3v) is 5.46. The first kappa shape index (κ1) is 21.2. The van der Waals surface area contributed by atoms with Gasteiger partial charge in [-0.2, -0.15) is 0 Å². The summed E-state index contributed by atoms with van der Waals surface area (Å²) in [5.41, 5.74) is 1.15. The molecule has 2 aliphatic heterocycles. The maximum absolute atomic E-state index is 12.0. The highest BCUT2D eigenvalue weighted by atomic mass is 16.5. The van der Waals surface area contributed by atoms with Crippen molar-refractivity contribution in [3.63, 3.8) is 0 Å². The smallest absolute Gasteiger partial charge is 0.246 e. The molecule has 9 heteroatoms. The monoisotopic (exact) mass is 423 g/mol. The van der Waals surface area contributed by atoms with Crippen molar-refractivity contribution >= 4 is 23.5 Å². The quantitative estimate of drug-likeness (QED) is 0.654. The number of aromatic nitrogens is 3. The van der Waals surface area contributed by atoms with Gasteiger partial charge in [-0.1, -0.05) is 6.58 Å². The van der Waals surface area contributed by atoms with Gasteiger partial charge in [0.1, 0.15) is 11.6 Å². The van der Waals surface area contributed by atoms with Crippen molar-refractivity contribution in [3.8, 4) is 0 Å². The molecule has 2 aliphatic rings. The summed E-state index contributed by atoms with van der Waals surface area (Å²) in [5, 5.41) is 6.73. The maximum Gasteiger partial charge on any atom is 0.246 e. The van der Waals surface area contributed by atoms with Crippen molar-refractivity contribution in [3.05, 3.63) is 48.8 Å². The number of carbonyl (C=O) groups excluding carboxylic acids is 1. The summed E-state index contributed by atoms with van der Waals surface area (Å²) in [6.07, 6.45) is 6.71. The molecule has 1 amide bonds. The zero-order valence-corrected chi connectivity index (χ0v) is 17.7. The van der Waals surface area contributed by atoms with E-state index >= 15 is 0 Å². The Bertz CT molecular complexity index is 887. The molecule has 0 radical (unpaired) electrons. The van der Waals surface area contributed by atoms with Gasteiger partial charge in [0.25, 0.3) is 0 Å². The predicted octanol–water partition coefficient (Wildman–Crippen LogP) is 2.04. The first-order valence-corrected chi connectivity index (χ1v) is 10.7. The van der Waals surface area contributed by atoms with E-state index in [2.05, 4.69) is 38.1 Å². The van der Waals surface area contributed by atoms with Crippen LogP contribution in [0.4, 0.5) is 17.6 Å². The lowest BCUT2D eigenvalue weighted by Gasteiger charge is -2.33. The molecule has 0 saturated carbocycles. The Hall–Kier alpha value is -3.04. The molecule has 2 fully saturated rings. The van der Waals surface area contributed by atoms with Crippen molar-refractivity contribution < 1.29 is 9.53 Å². The molecule has 0 aliphatic carbocycles. The first-order valence-electron chi connectivity index (χ1n) is 10.7. The van der Waals surface area contributed by atoms with Crippen molar-refractivity contribution in [2.75, 3.05) is 50.0 Å². The average molecular weight is 424 g/mol. The van der Waals surface area contributed by atoms with Crippen molar-refractivity contribution in [2.45, 2.75) is 25.4 Å². The number of rotatable bonds is 7. The lowest BCUT2D eigenvalue weighted by molar-refractivity contribution is -0.127. The van der Waals surface area contributed by atoms with E-state index in [-0.39, 0.29) is 11.9 Å². The normalized spacial score (nSPS) is 19.6. The summed E-state index contributed by atoms with van der Waals surface area (Å²) in [6, 6.07) is 6.04. The number of likely N-dealkylation sites (tertiary alicyclic amines) is 1. The molecule has 4 heterocycles. The minimum absolute atomic E-state index is 0.0240. The van der Waals surface area contributed by atoms with Gasteiger partial charge < -0.3 is 20.3 Å². The van der Waals surface area contributed by atoms with Crippen LogP contribution in [-0.4, -0.2) is 76.1 Å². The number of morpholine rings is 1. The van der Waals surface area contributed by atoms with Gasteiger partial charge in [-0.3, -0.25) is 9.69 Å². The summed E-state index contributed by atoms with van der Waals surface area (Å²) >= 11 is 0. The Balaban J connectivity index is 1.51. The molecule has 1 atom stereocenters. The largest absolute Gasteiger partial charge is 0.379 e. The molecule has 164 valence electrons. The van der Waals surface area contributed by atoms with Crippen molar-refractivity contribution in [1.82, 2.24) is 24.8 Å². The van der Waals surface area contributed by atoms with Crippen LogP contribution in [0.2, 0.25) is 0 Å². The summed E-state index contributed by atoms with van der Waals surface area (Å²) in [7, 11) is 0. The molecule has 0 aromatic carbocycles. The molecular formula is C22H29N7O2. The van der Waals surface area contributed by atoms with Crippen LogP contribution in [0.25, 0.3) is 0 Å². The number of anilines is 3. The van der Waals surface area contributed by atoms with E-state index in [4.69, 9.17) is 9.72 Å². The highest BCUT2D eigenvalue weighted by molar-refractivity contribution is 5.87. The number of amides is 1. The highest BCUT2D eigenvalue weighted by Crippen LogP contribution is 2.21. The second-order valence-corrected chi connectivity index (χ2v) is 7.80. The topological polar surface area (TPSA) is 95.5 Å². The van der Waals surface area contributed by atoms with Gasteiger partial charge in [-0.05, 0) is 42.7 Å². The number of pyridine rings is 1. The number of carbonyl (C=O) groups is 1. The molecule has 0 spiro atoms. The van der Waals surface area contributed by atoms with E-state index in [0.717, 1.165) is 63.6 Å². The second-order valence-electron chi connectivity index (χ2n) is 7.80. The number of ether oxygens (including phenoxy) is 1. The standard InChI is InChI=1S/C22H29N7O2/c1-2-21(30)29-8-3-5-18(16-29)25-19-13-17(15-28-9-11-31-12-10-28)14-20(26-19)27-22-23-6-4-7-24-22/h2,4,6-7,13-14,18H,1,3,5,8-12,15-16H2,(H2,23,24,25,26,27)/t18-/m0/s1. The molecule has 9 nitrogen and oxygen atoms in total. The van der Waals surface area contributed by atoms with Crippen LogP contribution in [0.3, 0.4) is 0 Å². The molecule has 2 aromatic rings. The SMILES string of the molecule is C=CC(=O)N1CCC[C@H](Nc2cc(CN3CCOCC3)cc(Nc3ncccn3)n2)C1. The molecule has 2 saturated heterocycles. The zero-order valence-electron chi connectivity index (χ0n) is 17.7. The van der Waals surface area contributed by atoms with Gasteiger partial charge in [-0.25, -0.2) is 15.0 Å². The number of hydrogen-bond acceptors (Lipinski definition) is 8. The second kappa shape index (κ2) is 10.3. The van der Waals surface area contributed by atoms with Gasteiger partial charge >= 0.3 is 0 Å².